The van der Waals surface area contributed by atoms with Crippen molar-refractivity contribution in [1.29, 1.82) is 0 Å². The first-order valence-corrected chi connectivity index (χ1v) is 12.1. The van der Waals surface area contributed by atoms with Crippen LogP contribution in [-0.2, 0) is 0 Å². The first kappa shape index (κ1) is 26.7. The van der Waals surface area contributed by atoms with E-state index in [9.17, 15) is 0 Å². The minimum absolute atomic E-state index is 0.435. The van der Waals surface area contributed by atoms with Crippen LogP contribution in [0.5, 0.6) is 5.75 Å². The highest BCUT2D eigenvalue weighted by molar-refractivity contribution is 6.33. The number of nitrogens with zero attached hydrogens (tertiary/aromatic N) is 5. The zero-order chi connectivity index (χ0) is 24.4. The van der Waals surface area contributed by atoms with Gasteiger partial charge in [-0.15, -0.1) is 0 Å². The standard InChI is InChI=1S/C19H25ClN6O.C5H13N/c1-5-9-25(10-6-2)19-24-17(21-3)23-18-22-16(12-26(18)19)14-8-7-13(27-4)11-15(14)20;1-3-5(6)4-2/h7-8,11-12H,5-6,9-10H2,1-4H3,(H,21,22,23);5H,3-4,6H2,1-2H3. The molecule has 0 fully saturated rings. The molecule has 2 aromatic heterocycles. The van der Waals surface area contributed by atoms with E-state index in [1.807, 2.05) is 29.8 Å². The molecule has 0 saturated carbocycles. The predicted octanol–water partition coefficient (Wildman–Crippen LogP) is 5.26. The molecular formula is C24H38ClN7O. The number of fused-ring (bicyclic) bond motifs is 1. The molecule has 3 aromatic rings. The molecule has 182 valence electrons. The first-order valence-electron chi connectivity index (χ1n) is 11.7. The van der Waals surface area contributed by atoms with Gasteiger partial charge in [-0.3, -0.25) is 4.40 Å². The van der Waals surface area contributed by atoms with Crippen LogP contribution in [0.2, 0.25) is 5.02 Å². The molecule has 0 aliphatic rings. The molecule has 0 amide bonds. The molecule has 0 bridgehead atoms. The Balaban J connectivity index is 0.000000569. The minimum atomic E-state index is 0.435. The molecule has 8 nitrogen and oxygen atoms in total. The van der Waals surface area contributed by atoms with Crippen LogP contribution in [0.1, 0.15) is 53.4 Å². The Morgan fingerprint density at radius 3 is 2.24 bits per heavy atom. The van der Waals surface area contributed by atoms with Gasteiger partial charge in [0.25, 0.3) is 0 Å². The second-order valence-electron chi connectivity index (χ2n) is 7.80. The van der Waals surface area contributed by atoms with Gasteiger partial charge in [-0.05, 0) is 43.9 Å². The Morgan fingerprint density at radius 2 is 1.76 bits per heavy atom. The molecule has 0 unspecified atom stereocenters. The Kier molecular flexibility index (Phi) is 10.7. The monoisotopic (exact) mass is 475 g/mol. The van der Waals surface area contributed by atoms with Crippen molar-refractivity contribution in [3.63, 3.8) is 0 Å². The number of ether oxygens (including phenoxy) is 1. The molecule has 0 aliphatic carbocycles. The predicted molar refractivity (Wildman–Crippen MR) is 139 cm³/mol. The topological polar surface area (TPSA) is 93.6 Å². The highest BCUT2D eigenvalue weighted by Gasteiger charge is 2.17. The van der Waals surface area contributed by atoms with Crippen molar-refractivity contribution >= 4 is 29.3 Å². The zero-order valence-corrected chi connectivity index (χ0v) is 21.5. The van der Waals surface area contributed by atoms with E-state index in [0.717, 1.165) is 56.0 Å². The number of aromatic nitrogens is 4. The van der Waals surface area contributed by atoms with Crippen LogP contribution in [0.25, 0.3) is 17.0 Å². The van der Waals surface area contributed by atoms with Gasteiger partial charge in [0.15, 0.2) is 0 Å². The van der Waals surface area contributed by atoms with Crippen LogP contribution < -0.4 is 20.7 Å². The summed E-state index contributed by atoms with van der Waals surface area (Å²) in [5.74, 6) is 2.68. The Labute approximate surface area is 202 Å². The molecule has 0 aliphatic heterocycles. The lowest BCUT2D eigenvalue weighted by molar-refractivity contribution is 0.415. The smallest absolute Gasteiger partial charge is 0.240 e. The summed E-state index contributed by atoms with van der Waals surface area (Å²) >= 11 is 6.44. The van der Waals surface area contributed by atoms with Crippen molar-refractivity contribution < 1.29 is 4.74 Å². The summed E-state index contributed by atoms with van der Waals surface area (Å²) in [4.78, 5) is 16.1. The lowest BCUT2D eigenvalue weighted by Gasteiger charge is -2.23. The Bertz CT molecular complexity index is 998. The van der Waals surface area contributed by atoms with Crippen molar-refractivity contribution in [2.75, 3.05) is 37.5 Å². The molecule has 0 spiro atoms. The van der Waals surface area contributed by atoms with E-state index in [0.29, 0.717) is 28.5 Å². The summed E-state index contributed by atoms with van der Waals surface area (Å²) in [5.41, 5.74) is 7.05. The number of hydrogen-bond acceptors (Lipinski definition) is 7. The Hall–Kier alpha value is -2.58. The van der Waals surface area contributed by atoms with Gasteiger partial charge < -0.3 is 20.7 Å². The number of imidazole rings is 1. The molecule has 2 heterocycles. The number of anilines is 2. The highest BCUT2D eigenvalue weighted by Crippen LogP contribution is 2.31. The average molecular weight is 476 g/mol. The first-order chi connectivity index (χ1) is 15.9. The van der Waals surface area contributed by atoms with Gasteiger partial charge in [-0.2, -0.15) is 9.97 Å². The maximum absolute atomic E-state index is 6.44. The number of hydrogen-bond donors (Lipinski definition) is 2. The molecule has 1 aromatic carbocycles. The molecular weight excluding hydrogens is 438 g/mol. The number of nitrogens with one attached hydrogen (secondary N) is 1. The summed E-state index contributed by atoms with van der Waals surface area (Å²) < 4.78 is 7.16. The number of methoxy groups -OCH3 is 1. The fraction of sp³-hybridized carbons (Fsp3) is 0.542. The van der Waals surface area contributed by atoms with Gasteiger partial charge >= 0.3 is 0 Å². The van der Waals surface area contributed by atoms with E-state index in [-0.39, 0.29) is 0 Å². The third kappa shape index (κ3) is 6.95. The van der Waals surface area contributed by atoms with Crippen LogP contribution in [0, 0.1) is 0 Å². The molecule has 0 saturated heterocycles. The largest absolute Gasteiger partial charge is 0.497 e. The van der Waals surface area contributed by atoms with E-state index in [1.165, 1.54) is 0 Å². The van der Waals surface area contributed by atoms with Crippen LogP contribution in [-0.4, -0.2) is 52.6 Å². The van der Waals surface area contributed by atoms with Crippen molar-refractivity contribution in [1.82, 2.24) is 19.4 Å². The van der Waals surface area contributed by atoms with Gasteiger partial charge in [0.05, 0.1) is 17.8 Å². The normalized spacial score (nSPS) is 10.8. The van der Waals surface area contributed by atoms with Crippen molar-refractivity contribution in [3.05, 3.63) is 29.4 Å². The molecule has 9 heteroatoms. The number of halogens is 1. The van der Waals surface area contributed by atoms with E-state index in [2.05, 4.69) is 47.9 Å². The van der Waals surface area contributed by atoms with Crippen molar-refractivity contribution in [2.45, 2.75) is 59.4 Å². The van der Waals surface area contributed by atoms with E-state index in [1.54, 1.807) is 13.2 Å². The van der Waals surface area contributed by atoms with E-state index in [4.69, 9.17) is 27.1 Å². The summed E-state index contributed by atoms with van der Waals surface area (Å²) in [6, 6.07) is 6.00. The summed E-state index contributed by atoms with van der Waals surface area (Å²) in [6.45, 7) is 10.4. The lowest BCUT2D eigenvalue weighted by atomic mass is 10.1. The fourth-order valence-corrected chi connectivity index (χ4v) is 3.57. The third-order valence-electron chi connectivity index (χ3n) is 5.31. The summed E-state index contributed by atoms with van der Waals surface area (Å²) in [7, 11) is 3.43. The number of benzene rings is 1. The van der Waals surface area contributed by atoms with Crippen molar-refractivity contribution in [2.24, 2.45) is 5.73 Å². The summed E-state index contributed by atoms with van der Waals surface area (Å²) in [6.07, 6.45) is 6.22. The highest BCUT2D eigenvalue weighted by atomic mass is 35.5. The second kappa shape index (κ2) is 13.2. The van der Waals surface area contributed by atoms with Crippen LogP contribution in [0.3, 0.4) is 0 Å². The van der Waals surface area contributed by atoms with Gasteiger partial charge in [-0.1, -0.05) is 39.3 Å². The van der Waals surface area contributed by atoms with Gasteiger partial charge in [0.2, 0.25) is 17.7 Å². The molecule has 33 heavy (non-hydrogen) atoms. The van der Waals surface area contributed by atoms with Crippen molar-refractivity contribution in [3.8, 4) is 17.0 Å². The average Bonchev–Trinajstić information content (AvgIpc) is 3.26. The van der Waals surface area contributed by atoms with E-state index >= 15 is 0 Å². The van der Waals surface area contributed by atoms with Gasteiger partial charge in [0.1, 0.15) is 5.75 Å². The zero-order valence-electron chi connectivity index (χ0n) is 20.7. The Morgan fingerprint density at radius 1 is 1.09 bits per heavy atom. The van der Waals surface area contributed by atoms with Gasteiger partial charge in [0, 0.05) is 37.9 Å². The summed E-state index contributed by atoms with van der Waals surface area (Å²) in [5, 5.41) is 3.61. The fourth-order valence-electron chi connectivity index (χ4n) is 3.30. The lowest BCUT2D eigenvalue weighted by Crippen LogP contribution is -2.28. The van der Waals surface area contributed by atoms with Crippen LogP contribution >= 0.6 is 11.6 Å². The third-order valence-corrected chi connectivity index (χ3v) is 5.62. The van der Waals surface area contributed by atoms with Crippen LogP contribution in [0.4, 0.5) is 11.9 Å². The number of nitrogens with two attached hydrogens (primary N) is 1. The van der Waals surface area contributed by atoms with Gasteiger partial charge in [-0.25, -0.2) is 4.98 Å². The minimum Gasteiger partial charge on any atom is -0.497 e. The van der Waals surface area contributed by atoms with E-state index < -0.39 is 0 Å². The molecule has 0 radical (unpaired) electrons. The second-order valence-corrected chi connectivity index (χ2v) is 8.21. The maximum Gasteiger partial charge on any atom is 0.240 e. The number of rotatable bonds is 10. The van der Waals surface area contributed by atoms with Crippen LogP contribution in [0.15, 0.2) is 24.4 Å². The quantitative estimate of drug-likeness (QED) is 0.413. The molecule has 3 rings (SSSR count). The maximum atomic E-state index is 6.44. The molecule has 3 N–H and O–H groups in total. The SMILES string of the molecule is CCC(N)CC.CCCN(CCC)c1nc(NC)nc2nc(-c3ccc(OC)cc3Cl)cn12. The molecule has 0 atom stereocenters.